The Hall–Kier alpha value is -1.88. The first-order valence-corrected chi connectivity index (χ1v) is 7.43. The van der Waals surface area contributed by atoms with Gasteiger partial charge >= 0.3 is 0 Å². The Morgan fingerprint density at radius 3 is 3.10 bits per heavy atom. The number of nitrogens with zero attached hydrogens (tertiary/aromatic N) is 1. The lowest BCUT2D eigenvalue weighted by atomic mass is 9.79. The number of hydrogen-bond donors (Lipinski definition) is 2. The van der Waals surface area contributed by atoms with Gasteiger partial charge < -0.3 is 5.32 Å². The number of amides is 2. The number of anilines is 1. The summed E-state index contributed by atoms with van der Waals surface area (Å²) in [5.74, 6) is -0.0330. The van der Waals surface area contributed by atoms with Crippen LogP contribution < -0.4 is 10.7 Å². The molecule has 1 aromatic carbocycles. The van der Waals surface area contributed by atoms with E-state index < -0.39 is 5.38 Å². The van der Waals surface area contributed by atoms with E-state index in [-0.39, 0.29) is 17.7 Å². The molecular weight excluding hydrogens is 290 g/mol. The molecule has 3 rings (SSSR count). The Bertz CT molecular complexity index is 640. The first-order valence-electron chi connectivity index (χ1n) is 6.99. The third kappa shape index (κ3) is 2.78. The normalized spacial score (nSPS) is 21.5. The molecule has 2 atom stereocenters. The highest BCUT2D eigenvalue weighted by Gasteiger charge is 2.30. The summed E-state index contributed by atoms with van der Waals surface area (Å²) in [5, 5.41) is 6.43. The van der Waals surface area contributed by atoms with Crippen LogP contribution in [-0.4, -0.2) is 22.9 Å². The molecule has 5 nitrogen and oxygen atoms in total. The van der Waals surface area contributed by atoms with Crippen molar-refractivity contribution in [3.63, 3.8) is 0 Å². The highest BCUT2D eigenvalue weighted by molar-refractivity contribution is 6.32. The number of hydrogen-bond acceptors (Lipinski definition) is 3. The predicted molar refractivity (Wildman–Crippen MR) is 81.5 cm³/mol. The number of hydrazone groups is 1. The van der Waals surface area contributed by atoms with Gasteiger partial charge in [0.2, 0.25) is 11.8 Å². The average Bonchev–Trinajstić information content (AvgIpc) is 2.46. The third-order valence-corrected chi connectivity index (χ3v) is 4.09. The number of aryl methyl sites for hydroxylation is 1. The summed E-state index contributed by atoms with van der Waals surface area (Å²) < 4.78 is 0. The summed E-state index contributed by atoms with van der Waals surface area (Å²) in [6, 6.07) is 5.76. The topological polar surface area (TPSA) is 70.6 Å². The molecule has 0 saturated heterocycles. The molecule has 0 aromatic heterocycles. The quantitative estimate of drug-likeness (QED) is 0.821. The first kappa shape index (κ1) is 14.1. The van der Waals surface area contributed by atoms with E-state index in [1.54, 1.807) is 6.92 Å². The molecule has 2 aliphatic rings. The second-order valence-electron chi connectivity index (χ2n) is 5.45. The summed E-state index contributed by atoms with van der Waals surface area (Å²) in [7, 11) is 0. The molecule has 0 bridgehead atoms. The zero-order valence-corrected chi connectivity index (χ0v) is 12.4. The maximum absolute atomic E-state index is 11.6. The number of nitrogens with one attached hydrogen (secondary N) is 2. The number of carbonyl (C=O) groups excluding carboxylic acids is 2. The molecular formula is C15H16ClN3O2. The van der Waals surface area contributed by atoms with Gasteiger partial charge in [-0.25, -0.2) is 5.43 Å². The summed E-state index contributed by atoms with van der Waals surface area (Å²) in [4.78, 5) is 23.0. The minimum atomic E-state index is -0.566. The van der Waals surface area contributed by atoms with E-state index in [0.29, 0.717) is 6.42 Å². The van der Waals surface area contributed by atoms with Gasteiger partial charge in [-0.15, -0.1) is 11.6 Å². The van der Waals surface area contributed by atoms with E-state index in [2.05, 4.69) is 15.8 Å². The summed E-state index contributed by atoms with van der Waals surface area (Å²) in [6.45, 7) is 1.64. The van der Waals surface area contributed by atoms with Crippen molar-refractivity contribution in [3.05, 3.63) is 29.3 Å². The van der Waals surface area contributed by atoms with Gasteiger partial charge in [0.15, 0.2) is 0 Å². The van der Waals surface area contributed by atoms with Crippen LogP contribution in [0.1, 0.15) is 30.9 Å². The lowest BCUT2D eigenvalue weighted by Crippen LogP contribution is -2.36. The fraction of sp³-hybridized carbons (Fsp3) is 0.400. The Labute approximate surface area is 127 Å². The van der Waals surface area contributed by atoms with E-state index >= 15 is 0 Å². The Morgan fingerprint density at radius 1 is 1.52 bits per heavy atom. The zero-order valence-electron chi connectivity index (χ0n) is 11.6. The van der Waals surface area contributed by atoms with Crippen molar-refractivity contribution >= 4 is 34.8 Å². The summed E-state index contributed by atoms with van der Waals surface area (Å²) in [5.41, 5.74) is 6.43. The van der Waals surface area contributed by atoms with Gasteiger partial charge in [-0.2, -0.15) is 5.10 Å². The van der Waals surface area contributed by atoms with Crippen LogP contribution in [0.25, 0.3) is 0 Å². The zero-order chi connectivity index (χ0) is 15.0. The molecule has 0 spiro atoms. The molecule has 110 valence electrons. The Kier molecular flexibility index (Phi) is 3.68. The fourth-order valence-corrected chi connectivity index (χ4v) is 2.85. The number of carbonyl (C=O) groups is 2. The molecule has 0 saturated carbocycles. The molecule has 1 aliphatic carbocycles. The maximum Gasteiger partial charge on any atom is 0.242 e. The molecule has 2 N–H and O–H groups in total. The summed E-state index contributed by atoms with van der Waals surface area (Å²) in [6.07, 6.45) is 2.29. The molecule has 2 unspecified atom stereocenters. The van der Waals surface area contributed by atoms with Gasteiger partial charge in [0.1, 0.15) is 5.38 Å². The van der Waals surface area contributed by atoms with Crippen molar-refractivity contribution in [2.24, 2.45) is 11.0 Å². The Balaban J connectivity index is 1.88. The van der Waals surface area contributed by atoms with Gasteiger partial charge in [-0.1, -0.05) is 6.07 Å². The molecule has 0 radical (unpaired) electrons. The molecule has 21 heavy (non-hydrogen) atoms. The van der Waals surface area contributed by atoms with Crippen molar-refractivity contribution < 1.29 is 9.59 Å². The smallest absolute Gasteiger partial charge is 0.242 e. The highest BCUT2D eigenvalue weighted by Crippen LogP contribution is 2.31. The van der Waals surface area contributed by atoms with Gasteiger partial charge in [-0.05, 0) is 37.5 Å². The van der Waals surface area contributed by atoms with Gasteiger partial charge in [0, 0.05) is 23.6 Å². The van der Waals surface area contributed by atoms with E-state index in [4.69, 9.17) is 11.6 Å². The van der Waals surface area contributed by atoms with Crippen LogP contribution in [0, 0.1) is 5.92 Å². The monoisotopic (exact) mass is 305 g/mol. The molecule has 6 heteroatoms. The van der Waals surface area contributed by atoms with Crippen molar-refractivity contribution in [2.45, 2.75) is 31.6 Å². The van der Waals surface area contributed by atoms with Crippen LogP contribution >= 0.6 is 11.6 Å². The van der Waals surface area contributed by atoms with Gasteiger partial charge in [0.05, 0.1) is 5.71 Å². The van der Waals surface area contributed by atoms with Crippen LogP contribution in [0.2, 0.25) is 0 Å². The average molecular weight is 306 g/mol. The van der Waals surface area contributed by atoms with Crippen LogP contribution in [-0.2, 0) is 16.0 Å². The lowest BCUT2D eigenvalue weighted by molar-refractivity contribution is -0.122. The molecule has 0 fully saturated rings. The first-order chi connectivity index (χ1) is 10.0. The fourth-order valence-electron chi connectivity index (χ4n) is 2.80. The minimum absolute atomic E-state index is 0.0211. The number of rotatable bonds is 2. The van der Waals surface area contributed by atoms with E-state index in [0.717, 1.165) is 35.4 Å². The molecule has 2 amide bonds. The van der Waals surface area contributed by atoms with Crippen molar-refractivity contribution in [1.29, 1.82) is 0 Å². The predicted octanol–water partition coefficient (Wildman–Crippen LogP) is 2.04. The SMILES string of the molecule is CC(Cl)C(=O)Nc1ccc2c(c1)CCC1CC(=O)NN=C21. The minimum Gasteiger partial charge on any atom is -0.325 e. The standard InChI is InChI=1S/C15H16ClN3O2/c1-8(16)15(21)17-11-4-5-12-9(6-11)2-3-10-7-13(20)18-19-14(10)12/h4-6,8,10H,2-3,7H2,1H3,(H,17,21)(H,18,20). The maximum atomic E-state index is 11.6. The van der Waals surface area contributed by atoms with Gasteiger partial charge in [-0.3, -0.25) is 9.59 Å². The number of fused-ring (bicyclic) bond motifs is 3. The molecule has 1 aliphatic heterocycles. The number of benzene rings is 1. The van der Waals surface area contributed by atoms with Crippen molar-refractivity contribution in [2.75, 3.05) is 5.32 Å². The largest absolute Gasteiger partial charge is 0.325 e. The second-order valence-corrected chi connectivity index (χ2v) is 6.10. The van der Waals surface area contributed by atoms with Crippen LogP contribution in [0.4, 0.5) is 5.69 Å². The van der Waals surface area contributed by atoms with Crippen LogP contribution in [0.3, 0.4) is 0 Å². The molecule has 1 heterocycles. The Morgan fingerprint density at radius 2 is 2.33 bits per heavy atom. The second kappa shape index (κ2) is 5.48. The highest BCUT2D eigenvalue weighted by atomic mass is 35.5. The van der Waals surface area contributed by atoms with Crippen LogP contribution in [0.5, 0.6) is 0 Å². The van der Waals surface area contributed by atoms with E-state index in [9.17, 15) is 9.59 Å². The van der Waals surface area contributed by atoms with Crippen LogP contribution in [0.15, 0.2) is 23.3 Å². The van der Waals surface area contributed by atoms with Gasteiger partial charge in [0.25, 0.3) is 0 Å². The van der Waals surface area contributed by atoms with Crippen molar-refractivity contribution in [1.82, 2.24) is 5.43 Å². The lowest BCUT2D eigenvalue weighted by Gasteiger charge is -2.29. The number of halogens is 1. The summed E-state index contributed by atoms with van der Waals surface area (Å²) >= 11 is 5.75. The molecule has 1 aromatic rings. The third-order valence-electron chi connectivity index (χ3n) is 3.89. The van der Waals surface area contributed by atoms with E-state index in [1.807, 2.05) is 18.2 Å². The van der Waals surface area contributed by atoms with Crippen molar-refractivity contribution in [3.8, 4) is 0 Å². The number of alkyl halides is 1. The van der Waals surface area contributed by atoms with E-state index in [1.165, 1.54) is 0 Å².